The lowest BCUT2D eigenvalue weighted by Crippen LogP contribution is -1.76. The fourth-order valence-corrected chi connectivity index (χ4v) is 0.506. The van der Waals surface area contributed by atoms with E-state index < -0.39 is 0 Å². The summed E-state index contributed by atoms with van der Waals surface area (Å²) in [5, 5.41) is 14.3. The maximum Gasteiger partial charge on any atom is 0.134 e. The van der Waals surface area contributed by atoms with Crippen LogP contribution < -0.4 is 0 Å². The summed E-state index contributed by atoms with van der Waals surface area (Å²) in [5.74, 6) is 0.699. The topological polar surface area (TPSA) is 58.6 Å². The third kappa shape index (κ3) is 1.28. The van der Waals surface area contributed by atoms with Crippen LogP contribution in [0.5, 0.6) is 0 Å². The van der Waals surface area contributed by atoms with Gasteiger partial charge in [-0.05, 0) is 6.92 Å². The Balaban J connectivity index is 2.85. The van der Waals surface area contributed by atoms with Crippen molar-refractivity contribution < 1.29 is 9.73 Å². The van der Waals surface area contributed by atoms with Gasteiger partial charge in [-0.25, -0.2) is 0 Å². The molecule has 48 valence electrons. The Labute approximate surface area is 51.8 Å². The second-order valence-corrected chi connectivity index (χ2v) is 1.61. The van der Waals surface area contributed by atoms with Crippen LogP contribution in [0.4, 0.5) is 0 Å². The molecule has 0 saturated carbocycles. The number of aryl methyl sites for hydroxylation is 1. The average molecular weight is 126 g/mol. The van der Waals surface area contributed by atoms with Gasteiger partial charge in [0.05, 0.1) is 6.21 Å². The van der Waals surface area contributed by atoms with Gasteiger partial charge in [-0.2, -0.15) is 0 Å². The summed E-state index contributed by atoms with van der Waals surface area (Å²) in [4.78, 5) is 0. The van der Waals surface area contributed by atoms with E-state index in [1.54, 1.807) is 13.0 Å². The van der Waals surface area contributed by atoms with Crippen molar-refractivity contribution in [2.45, 2.75) is 6.92 Å². The first-order valence-electron chi connectivity index (χ1n) is 2.43. The van der Waals surface area contributed by atoms with Gasteiger partial charge >= 0.3 is 0 Å². The molecule has 0 aromatic carbocycles. The molecule has 1 N–H and O–H groups in total. The molecule has 0 aliphatic carbocycles. The van der Waals surface area contributed by atoms with Crippen molar-refractivity contribution in [1.29, 1.82) is 0 Å². The number of hydrogen-bond donors (Lipinski definition) is 1. The first-order valence-corrected chi connectivity index (χ1v) is 2.43. The second-order valence-electron chi connectivity index (χ2n) is 1.61. The normalized spacial score (nSPS) is 10.8. The average Bonchev–Trinajstić information content (AvgIpc) is 2.17. The molecule has 0 unspecified atom stereocenters. The molecular weight excluding hydrogens is 120 g/mol. The molecule has 4 nitrogen and oxygen atoms in total. The summed E-state index contributed by atoms with van der Waals surface area (Å²) in [6.07, 6.45) is 1.20. The predicted molar refractivity (Wildman–Crippen MR) is 30.6 cm³/mol. The Morgan fingerprint density at radius 2 is 2.67 bits per heavy atom. The summed E-state index contributed by atoms with van der Waals surface area (Å²) in [5.41, 5.74) is 0.523. The first-order chi connectivity index (χ1) is 4.33. The van der Waals surface area contributed by atoms with Crippen molar-refractivity contribution in [3.05, 3.63) is 17.5 Å². The third-order valence-electron chi connectivity index (χ3n) is 0.836. The largest absolute Gasteiger partial charge is 0.411 e. The van der Waals surface area contributed by atoms with E-state index >= 15 is 0 Å². The van der Waals surface area contributed by atoms with Gasteiger partial charge in [0.25, 0.3) is 0 Å². The molecule has 1 rings (SSSR count). The molecule has 0 amide bonds. The number of hydrogen-bond acceptors (Lipinski definition) is 4. The fraction of sp³-hybridized carbons (Fsp3) is 0.200. The molecule has 1 aromatic rings. The van der Waals surface area contributed by atoms with Crippen molar-refractivity contribution in [2.24, 2.45) is 5.16 Å². The summed E-state index contributed by atoms with van der Waals surface area (Å²) < 4.78 is 4.66. The maximum atomic E-state index is 8.02. The number of nitrogens with zero attached hydrogens (tertiary/aromatic N) is 2. The van der Waals surface area contributed by atoms with Gasteiger partial charge in [0.15, 0.2) is 0 Å². The summed E-state index contributed by atoms with van der Waals surface area (Å²) in [7, 11) is 0. The fourth-order valence-electron chi connectivity index (χ4n) is 0.506. The molecule has 9 heavy (non-hydrogen) atoms. The summed E-state index contributed by atoms with van der Waals surface area (Å²) in [6, 6.07) is 1.67. The highest BCUT2D eigenvalue weighted by atomic mass is 16.5. The highest BCUT2D eigenvalue weighted by Gasteiger charge is 1.93. The standard InChI is InChI=1S/C5H6N2O2/c1-4-2-5(3-6-8)7-9-4/h2-3,8H,1H3. The third-order valence-corrected chi connectivity index (χ3v) is 0.836. The number of rotatable bonds is 1. The van der Waals surface area contributed by atoms with Gasteiger partial charge in [-0.1, -0.05) is 10.3 Å². The zero-order valence-corrected chi connectivity index (χ0v) is 4.90. The van der Waals surface area contributed by atoms with E-state index in [0.29, 0.717) is 11.5 Å². The number of oxime groups is 1. The minimum atomic E-state index is 0.523. The van der Waals surface area contributed by atoms with Crippen LogP contribution in [0.2, 0.25) is 0 Å². The van der Waals surface area contributed by atoms with Crippen LogP contribution in [0.1, 0.15) is 11.5 Å². The highest BCUT2D eigenvalue weighted by molar-refractivity contribution is 5.75. The van der Waals surface area contributed by atoms with Crippen LogP contribution in [0.15, 0.2) is 15.7 Å². The molecule has 1 aromatic heterocycles. The number of aromatic nitrogens is 1. The summed E-state index contributed by atoms with van der Waals surface area (Å²) >= 11 is 0. The van der Waals surface area contributed by atoms with E-state index in [1.807, 2.05) is 0 Å². The van der Waals surface area contributed by atoms with Crippen molar-refractivity contribution in [1.82, 2.24) is 5.16 Å². The van der Waals surface area contributed by atoms with Crippen molar-refractivity contribution in [3.63, 3.8) is 0 Å². The van der Waals surface area contributed by atoms with Crippen LogP contribution in [-0.4, -0.2) is 16.6 Å². The lowest BCUT2D eigenvalue weighted by atomic mass is 10.4. The molecule has 0 radical (unpaired) electrons. The molecule has 0 saturated heterocycles. The van der Waals surface area contributed by atoms with Crippen LogP contribution in [-0.2, 0) is 0 Å². The molecule has 4 heteroatoms. The van der Waals surface area contributed by atoms with Gasteiger partial charge in [-0.15, -0.1) is 0 Å². The molecule has 0 fully saturated rings. The molecule has 0 atom stereocenters. The lowest BCUT2D eigenvalue weighted by Gasteiger charge is -1.70. The van der Waals surface area contributed by atoms with Crippen molar-refractivity contribution in [3.8, 4) is 0 Å². The van der Waals surface area contributed by atoms with Crippen LogP contribution >= 0.6 is 0 Å². The van der Waals surface area contributed by atoms with E-state index in [4.69, 9.17) is 5.21 Å². The second kappa shape index (κ2) is 2.30. The first kappa shape index (κ1) is 5.81. The van der Waals surface area contributed by atoms with E-state index in [9.17, 15) is 0 Å². The maximum absolute atomic E-state index is 8.02. The SMILES string of the molecule is Cc1cc(C=NO)no1. The highest BCUT2D eigenvalue weighted by Crippen LogP contribution is 1.97. The molecular formula is C5H6N2O2. The monoisotopic (exact) mass is 126 g/mol. The summed E-state index contributed by atoms with van der Waals surface area (Å²) in [6.45, 7) is 1.77. The molecule has 0 aliphatic rings. The molecule has 0 spiro atoms. The Kier molecular flexibility index (Phi) is 1.48. The Bertz CT molecular complexity index is 216. The minimum absolute atomic E-state index is 0.523. The minimum Gasteiger partial charge on any atom is -0.411 e. The zero-order valence-electron chi connectivity index (χ0n) is 4.90. The zero-order chi connectivity index (χ0) is 6.69. The van der Waals surface area contributed by atoms with E-state index in [-0.39, 0.29) is 0 Å². The molecule has 0 bridgehead atoms. The molecule has 0 aliphatic heterocycles. The van der Waals surface area contributed by atoms with Gasteiger partial charge in [0, 0.05) is 6.07 Å². The quantitative estimate of drug-likeness (QED) is 0.344. The predicted octanol–water partition coefficient (Wildman–Crippen LogP) is 0.791. The van der Waals surface area contributed by atoms with Gasteiger partial charge < -0.3 is 9.73 Å². The van der Waals surface area contributed by atoms with Crippen LogP contribution in [0, 0.1) is 6.92 Å². The van der Waals surface area contributed by atoms with Gasteiger partial charge in [0.1, 0.15) is 11.5 Å². The van der Waals surface area contributed by atoms with Gasteiger partial charge in [-0.3, -0.25) is 0 Å². The lowest BCUT2D eigenvalue weighted by molar-refractivity contribution is 0.321. The van der Waals surface area contributed by atoms with Gasteiger partial charge in [0.2, 0.25) is 0 Å². The van der Waals surface area contributed by atoms with Crippen molar-refractivity contribution >= 4 is 6.21 Å². The molecule has 1 heterocycles. The van der Waals surface area contributed by atoms with E-state index in [1.165, 1.54) is 6.21 Å². The smallest absolute Gasteiger partial charge is 0.134 e. The van der Waals surface area contributed by atoms with Crippen LogP contribution in [0.25, 0.3) is 0 Å². The Morgan fingerprint density at radius 3 is 3.11 bits per heavy atom. The van der Waals surface area contributed by atoms with E-state index in [2.05, 4.69) is 14.8 Å². The Morgan fingerprint density at radius 1 is 1.89 bits per heavy atom. The van der Waals surface area contributed by atoms with E-state index in [0.717, 1.165) is 0 Å². The van der Waals surface area contributed by atoms with Crippen molar-refractivity contribution in [2.75, 3.05) is 0 Å². The Hall–Kier alpha value is -1.32. The van der Waals surface area contributed by atoms with Crippen LogP contribution in [0.3, 0.4) is 0 Å².